The standard InChI is InChI=1S/C46H58N8O10S4/c1-13-17-19-25(15-3)33(55)27-29(53(57)58)31(51-41(27)47-45(49-51)63-23(9)10)43-65-37-35(61-21(5)6)39-40(36(38(37)66-43)62-22(7)8)68-44(67-39)32-30(54(59)60)28(34(56)26(16-4)20-18-14-2)42-48-46(50-52(32)42)64-24(11)12/h21-26H,13-20H2,1-12H3. The predicted molar refractivity (Wildman–Crippen MR) is 265 cm³/mol. The zero-order chi connectivity index (χ0) is 49.5. The van der Waals surface area contributed by atoms with Crippen molar-refractivity contribution in [1.82, 2.24) is 29.2 Å². The van der Waals surface area contributed by atoms with Gasteiger partial charge in [0.1, 0.15) is 22.6 Å². The monoisotopic (exact) mass is 1010 g/mol. The quantitative estimate of drug-likeness (QED) is 0.0357. The first kappa shape index (κ1) is 51.1. The van der Waals surface area contributed by atoms with Crippen molar-refractivity contribution < 1.29 is 38.4 Å². The smallest absolute Gasteiger partial charge is 0.336 e. The van der Waals surface area contributed by atoms with E-state index in [1.807, 2.05) is 83.1 Å². The van der Waals surface area contributed by atoms with E-state index in [1.165, 1.54) is 56.1 Å². The average Bonchev–Trinajstić information content (AvgIpc) is 4.11. The molecule has 2 unspecified atom stereocenters. The number of aromatic nitrogens is 6. The van der Waals surface area contributed by atoms with Gasteiger partial charge in [0.2, 0.25) is 0 Å². The lowest BCUT2D eigenvalue weighted by molar-refractivity contribution is -0.386. The van der Waals surface area contributed by atoms with E-state index < -0.39 is 33.1 Å². The summed E-state index contributed by atoms with van der Waals surface area (Å²) < 4.78 is 28.7. The van der Waals surface area contributed by atoms with Crippen molar-refractivity contribution in [1.29, 1.82) is 0 Å². The number of Topliss-reactive ketones (excluding diaryl/α,β-unsaturated/α-hetero) is 2. The summed E-state index contributed by atoms with van der Waals surface area (Å²) in [7, 11) is 0. The number of fused-ring (bicyclic) bond motifs is 4. The van der Waals surface area contributed by atoms with Gasteiger partial charge in [-0.3, -0.25) is 29.8 Å². The highest BCUT2D eigenvalue weighted by atomic mass is 32.2. The van der Waals surface area contributed by atoms with Gasteiger partial charge in [0, 0.05) is 11.8 Å². The molecule has 2 aliphatic heterocycles. The average molecular weight is 1010 g/mol. The lowest BCUT2D eigenvalue weighted by Crippen LogP contribution is -2.19. The van der Waals surface area contributed by atoms with Crippen molar-refractivity contribution in [2.75, 3.05) is 0 Å². The fraction of sp³-hybridized carbons (Fsp3) is 0.565. The Bertz CT molecular complexity index is 2680. The number of nitrogens with zero attached hydrogens (tertiary/aromatic N) is 8. The number of hydrogen-bond acceptors (Lipinski definition) is 18. The molecule has 366 valence electrons. The van der Waals surface area contributed by atoms with Crippen molar-refractivity contribution in [3.05, 3.63) is 42.1 Å². The number of carbonyl (C=O) groups is 2. The van der Waals surface area contributed by atoms with Gasteiger partial charge in [-0.05, 0) is 81.1 Å². The lowest BCUT2D eigenvalue weighted by Gasteiger charge is -2.20. The topological polar surface area (TPSA) is 218 Å². The Balaban J connectivity index is 1.51. The van der Waals surface area contributed by atoms with E-state index in [9.17, 15) is 29.8 Å². The van der Waals surface area contributed by atoms with Gasteiger partial charge in [-0.15, -0.1) is 10.2 Å². The second-order valence-electron chi connectivity index (χ2n) is 17.8. The molecule has 68 heavy (non-hydrogen) atoms. The van der Waals surface area contributed by atoms with E-state index in [4.69, 9.17) is 18.9 Å². The summed E-state index contributed by atoms with van der Waals surface area (Å²) in [5.74, 6) is -0.819. The molecule has 4 aromatic heterocycles. The molecule has 2 atom stereocenters. The van der Waals surface area contributed by atoms with E-state index in [-0.39, 0.29) is 81.1 Å². The molecule has 7 rings (SSSR count). The van der Waals surface area contributed by atoms with Crippen LogP contribution < -0.4 is 29.6 Å². The number of ketones is 2. The molecule has 1 aromatic carbocycles. The van der Waals surface area contributed by atoms with Crippen LogP contribution in [-0.4, -0.2) is 75.0 Å². The van der Waals surface area contributed by atoms with Gasteiger partial charge in [0.25, 0.3) is 0 Å². The molecule has 5 aromatic rings. The van der Waals surface area contributed by atoms with Crippen LogP contribution in [0.1, 0.15) is 155 Å². The summed E-state index contributed by atoms with van der Waals surface area (Å²) in [6, 6.07) is -0.0325. The number of carbonyl (C=O) groups excluding carboxylic acids is 2. The molecule has 2 aliphatic rings. The number of ether oxygens (including phenoxy) is 4. The second kappa shape index (κ2) is 21.1. The Labute approximate surface area is 411 Å². The Kier molecular flexibility index (Phi) is 15.8. The Morgan fingerprint density at radius 2 is 0.882 bits per heavy atom. The Morgan fingerprint density at radius 1 is 0.559 bits per heavy atom. The van der Waals surface area contributed by atoms with Crippen molar-refractivity contribution in [3.63, 3.8) is 0 Å². The molecule has 0 aliphatic carbocycles. The van der Waals surface area contributed by atoms with E-state index >= 15 is 0 Å². The third-order valence-electron chi connectivity index (χ3n) is 11.2. The molecular weight excluding hydrogens is 953 g/mol. The predicted octanol–water partition coefficient (Wildman–Crippen LogP) is 10.9. The zero-order valence-corrected chi connectivity index (χ0v) is 43.7. The van der Waals surface area contributed by atoms with Crippen LogP contribution in [0.2, 0.25) is 0 Å². The SMILES string of the molecule is CCCCC(CC)C(=O)c1c([N+](=O)[O-])c(=C2Sc3c(OC(C)C)c4c(c(OC(C)C)c3S2)SC(=c2c([N+](=O)[O-])c(C(=O)C(CC)CCCC)c3nc(OC(C)C)nn23)S4)n2nc(OC(C)C)nc12. The van der Waals surface area contributed by atoms with Crippen molar-refractivity contribution in [3.8, 4) is 23.5 Å². The maximum absolute atomic E-state index is 14.5. The van der Waals surface area contributed by atoms with Gasteiger partial charge in [0.05, 0.1) is 62.3 Å². The summed E-state index contributed by atoms with van der Waals surface area (Å²) in [6.45, 7) is 22.6. The second-order valence-corrected chi connectivity index (χ2v) is 22.4. The number of unbranched alkanes of at least 4 members (excludes halogenated alkanes) is 2. The minimum atomic E-state index is -0.531. The van der Waals surface area contributed by atoms with Crippen LogP contribution in [0.25, 0.3) is 19.8 Å². The molecule has 0 N–H and O–H groups in total. The van der Waals surface area contributed by atoms with Gasteiger partial charge in [-0.25, -0.2) is 9.03 Å². The normalized spacial score (nSPS) is 14.5. The fourth-order valence-corrected chi connectivity index (χ4v) is 13.7. The van der Waals surface area contributed by atoms with Crippen LogP contribution in [0, 0.1) is 32.1 Å². The lowest BCUT2D eigenvalue weighted by atomic mass is 9.91. The van der Waals surface area contributed by atoms with Crippen LogP contribution >= 0.6 is 47.0 Å². The first-order valence-corrected chi connectivity index (χ1v) is 26.5. The first-order valence-electron chi connectivity index (χ1n) is 23.3. The molecule has 0 radical (unpaired) electrons. The van der Waals surface area contributed by atoms with Crippen molar-refractivity contribution >= 4 is 89.8 Å². The van der Waals surface area contributed by atoms with Crippen molar-refractivity contribution in [2.45, 2.75) is 178 Å². The summed E-state index contributed by atoms with van der Waals surface area (Å²) >= 11 is 4.90. The third kappa shape index (κ3) is 9.70. The van der Waals surface area contributed by atoms with E-state index in [2.05, 4.69) is 20.2 Å². The molecule has 0 spiro atoms. The number of rotatable bonds is 22. The summed E-state index contributed by atoms with van der Waals surface area (Å²) in [4.78, 5) is 66.1. The van der Waals surface area contributed by atoms with E-state index in [0.29, 0.717) is 65.2 Å². The molecule has 0 saturated heterocycles. The summed E-state index contributed by atoms with van der Waals surface area (Å²) in [5, 5.41) is 36.1. The van der Waals surface area contributed by atoms with Gasteiger partial charge in [0.15, 0.2) is 33.6 Å². The van der Waals surface area contributed by atoms with Crippen LogP contribution in [0.4, 0.5) is 11.4 Å². The Morgan fingerprint density at radius 3 is 1.15 bits per heavy atom. The molecule has 0 bridgehead atoms. The number of nitro groups is 2. The first-order chi connectivity index (χ1) is 32.3. The molecule has 0 fully saturated rings. The minimum Gasteiger partial charge on any atom is -0.489 e. The van der Waals surface area contributed by atoms with E-state index in [1.54, 1.807) is 0 Å². The fourth-order valence-electron chi connectivity index (χ4n) is 8.20. The Hall–Kier alpha value is -4.80. The summed E-state index contributed by atoms with van der Waals surface area (Å²) in [5.41, 5.74) is -0.920. The van der Waals surface area contributed by atoms with Crippen molar-refractivity contribution in [2.24, 2.45) is 11.8 Å². The molecule has 6 heterocycles. The number of thioether (sulfide) groups is 4. The van der Waals surface area contributed by atoms with Gasteiger partial charge >= 0.3 is 23.4 Å². The van der Waals surface area contributed by atoms with E-state index in [0.717, 1.165) is 25.7 Å². The third-order valence-corrected chi connectivity index (χ3v) is 16.3. The largest absolute Gasteiger partial charge is 0.489 e. The number of benzene rings is 1. The molecule has 0 amide bonds. The highest BCUT2D eigenvalue weighted by Crippen LogP contribution is 2.68. The zero-order valence-electron chi connectivity index (χ0n) is 40.4. The van der Waals surface area contributed by atoms with Gasteiger partial charge in [-0.1, -0.05) is 100 Å². The molecule has 0 saturated carbocycles. The summed E-state index contributed by atoms with van der Waals surface area (Å²) in [6.07, 6.45) is 4.02. The molecular formula is C46H58N8O10S4. The van der Waals surface area contributed by atoms with Crippen LogP contribution in [-0.2, 0) is 0 Å². The maximum atomic E-state index is 14.5. The number of hydrogen-bond donors (Lipinski definition) is 0. The van der Waals surface area contributed by atoms with Crippen LogP contribution in [0.5, 0.6) is 23.5 Å². The minimum absolute atomic E-state index is 0.0163. The molecule has 22 heteroatoms. The molecule has 18 nitrogen and oxygen atoms in total. The van der Waals surface area contributed by atoms with Gasteiger partial charge in [-0.2, -0.15) is 9.97 Å². The highest BCUT2D eigenvalue weighted by molar-refractivity contribution is 8.33. The highest BCUT2D eigenvalue weighted by Gasteiger charge is 2.44. The van der Waals surface area contributed by atoms with Crippen LogP contribution in [0.3, 0.4) is 0 Å². The van der Waals surface area contributed by atoms with Crippen LogP contribution in [0.15, 0.2) is 19.6 Å². The van der Waals surface area contributed by atoms with Gasteiger partial charge < -0.3 is 18.9 Å². The maximum Gasteiger partial charge on any atom is 0.336 e.